The molecule has 0 saturated heterocycles. The Hall–Kier alpha value is -1.31. The van der Waals surface area contributed by atoms with Crippen molar-refractivity contribution in [2.24, 2.45) is 28.7 Å². The Morgan fingerprint density at radius 1 is 0.900 bits per heavy atom. The van der Waals surface area contributed by atoms with E-state index in [1.165, 1.54) is 32.1 Å². The van der Waals surface area contributed by atoms with Gasteiger partial charge in [-0.2, -0.15) is 0 Å². The van der Waals surface area contributed by atoms with Crippen molar-refractivity contribution >= 4 is 5.90 Å². The minimum Gasteiger partial charge on any atom is -0.475 e. The van der Waals surface area contributed by atoms with E-state index < -0.39 is 0 Å². The van der Waals surface area contributed by atoms with Crippen LogP contribution >= 0.6 is 0 Å². The van der Waals surface area contributed by atoms with Crippen LogP contribution in [0.4, 0.5) is 0 Å². The molecule has 4 bridgehead atoms. The van der Waals surface area contributed by atoms with Gasteiger partial charge >= 0.3 is 0 Å². The van der Waals surface area contributed by atoms with Crippen molar-refractivity contribution in [1.29, 1.82) is 0 Å². The highest BCUT2D eigenvalue weighted by molar-refractivity contribution is 5.95. The lowest BCUT2D eigenvalue weighted by Crippen LogP contribution is -2.57. The molecule has 0 N–H and O–H groups in total. The number of hydrogen-bond acceptors (Lipinski definition) is 2. The van der Waals surface area contributed by atoms with Gasteiger partial charge in [0.25, 0.3) is 0 Å². The van der Waals surface area contributed by atoms with Crippen LogP contribution in [0.2, 0.25) is 0 Å². The lowest BCUT2D eigenvalue weighted by molar-refractivity contribution is -0.0617. The first-order valence-electron chi connectivity index (χ1n) is 8.11. The maximum atomic E-state index is 6.07. The van der Waals surface area contributed by atoms with Gasteiger partial charge in [-0.1, -0.05) is 18.2 Å². The molecule has 6 rings (SSSR count). The Morgan fingerprint density at radius 3 is 2.20 bits per heavy atom. The lowest BCUT2D eigenvalue weighted by atomic mass is 9.49. The number of benzene rings is 1. The van der Waals surface area contributed by atoms with Crippen molar-refractivity contribution in [3.8, 4) is 0 Å². The summed E-state index contributed by atoms with van der Waals surface area (Å²) in [5.41, 5.74) is 1.29. The van der Waals surface area contributed by atoms with Crippen LogP contribution in [-0.4, -0.2) is 18.0 Å². The van der Waals surface area contributed by atoms with Crippen LogP contribution in [0.1, 0.15) is 37.7 Å². The predicted octanol–water partition coefficient (Wildman–Crippen LogP) is 3.66. The molecule has 1 aliphatic heterocycles. The van der Waals surface area contributed by atoms with Gasteiger partial charge in [0.1, 0.15) is 12.1 Å². The summed E-state index contributed by atoms with van der Waals surface area (Å²) in [4.78, 5) is 5.18. The fourth-order valence-electron chi connectivity index (χ4n) is 5.58. The fraction of sp³-hybridized carbons (Fsp3) is 0.611. The summed E-state index contributed by atoms with van der Waals surface area (Å²) in [6.45, 7) is 0.839. The molecule has 4 aliphatic carbocycles. The van der Waals surface area contributed by atoms with Gasteiger partial charge in [-0.15, -0.1) is 0 Å². The van der Waals surface area contributed by atoms with Crippen LogP contribution in [0.5, 0.6) is 0 Å². The molecular weight excluding hydrogens is 246 g/mol. The van der Waals surface area contributed by atoms with Crippen LogP contribution in [0.25, 0.3) is 0 Å². The second kappa shape index (κ2) is 3.87. The fourth-order valence-corrected chi connectivity index (χ4v) is 5.58. The van der Waals surface area contributed by atoms with Gasteiger partial charge in [0, 0.05) is 5.56 Å². The van der Waals surface area contributed by atoms with Crippen LogP contribution in [0.3, 0.4) is 0 Å². The number of ether oxygens (including phenoxy) is 1. The van der Waals surface area contributed by atoms with Gasteiger partial charge in [0.05, 0.1) is 0 Å². The molecule has 4 fully saturated rings. The normalized spacial score (nSPS) is 44.7. The molecular formula is C18H21NO. The molecule has 104 valence electrons. The zero-order valence-corrected chi connectivity index (χ0v) is 11.8. The van der Waals surface area contributed by atoms with Gasteiger partial charge < -0.3 is 4.74 Å². The molecule has 1 aromatic carbocycles. The highest BCUT2D eigenvalue weighted by Crippen LogP contribution is 2.60. The average molecular weight is 267 g/mol. The van der Waals surface area contributed by atoms with Crippen LogP contribution in [0, 0.1) is 23.7 Å². The predicted molar refractivity (Wildman–Crippen MR) is 78.7 cm³/mol. The molecule has 0 amide bonds. The summed E-state index contributed by atoms with van der Waals surface area (Å²) < 4.78 is 6.07. The molecule has 5 aliphatic rings. The molecule has 2 heteroatoms. The molecule has 0 radical (unpaired) electrons. The van der Waals surface area contributed by atoms with E-state index >= 15 is 0 Å². The molecule has 2 nitrogen and oxygen atoms in total. The molecule has 0 aromatic heterocycles. The van der Waals surface area contributed by atoms with Gasteiger partial charge in [-0.3, -0.25) is 0 Å². The molecule has 4 saturated carbocycles. The molecule has 0 atom stereocenters. The Kier molecular flexibility index (Phi) is 2.20. The van der Waals surface area contributed by atoms with Gasteiger partial charge in [0.2, 0.25) is 5.90 Å². The van der Waals surface area contributed by atoms with Gasteiger partial charge in [0.15, 0.2) is 0 Å². The minimum atomic E-state index is 0.137. The minimum absolute atomic E-state index is 0.137. The number of nitrogens with zero attached hydrogens (tertiary/aromatic N) is 1. The van der Waals surface area contributed by atoms with E-state index in [2.05, 4.69) is 30.3 Å². The van der Waals surface area contributed by atoms with Gasteiger partial charge in [-0.25, -0.2) is 4.99 Å². The highest BCUT2D eigenvalue weighted by atomic mass is 16.5. The maximum Gasteiger partial charge on any atom is 0.216 e. The Balaban J connectivity index is 1.54. The average Bonchev–Trinajstić information content (AvgIpc) is 2.91. The van der Waals surface area contributed by atoms with Crippen molar-refractivity contribution in [2.75, 3.05) is 6.61 Å². The molecule has 1 aromatic rings. The molecule has 1 heterocycles. The third-order valence-corrected chi connectivity index (χ3v) is 6.32. The maximum absolute atomic E-state index is 6.07. The van der Waals surface area contributed by atoms with Crippen LogP contribution in [-0.2, 0) is 4.74 Å². The lowest BCUT2D eigenvalue weighted by Gasteiger charge is -2.57. The summed E-state index contributed by atoms with van der Waals surface area (Å²) >= 11 is 0. The smallest absolute Gasteiger partial charge is 0.216 e. The van der Waals surface area contributed by atoms with Crippen molar-refractivity contribution in [2.45, 2.75) is 37.6 Å². The topological polar surface area (TPSA) is 21.6 Å². The van der Waals surface area contributed by atoms with Crippen molar-refractivity contribution in [1.82, 2.24) is 0 Å². The zero-order valence-electron chi connectivity index (χ0n) is 11.8. The third kappa shape index (κ3) is 1.43. The second-order valence-corrected chi connectivity index (χ2v) is 7.37. The monoisotopic (exact) mass is 267 g/mol. The summed E-state index contributed by atoms with van der Waals surface area (Å²) in [6, 6.07) is 10.4. The Bertz CT molecular complexity index is 534. The zero-order chi connectivity index (χ0) is 13.2. The van der Waals surface area contributed by atoms with Crippen molar-refractivity contribution < 1.29 is 4.74 Å². The van der Waals surface area contributed by atoms with Crippen molar-refractivity contribution in [3.63, 3.8) is 0 Å². The second-order valence-electron chi connectivity index (χ2n) is 7.37. The van der Waals surface area contributed by atoms with Crippen molar-refractivity contribution in [3.05, 3.63) is 35.9 Å². The summed E-state index contributed by atoms with van der Waals surface area (Å²) in [7, 11) is 0. The number of aliphatic imine (C=N–C) groups is 1. The van der Waals surface area contributed by atoms with E-state index in [4.69, 9.17) is 9.73 Å². The first-order chi connectivity index (χ1) is 9.83. The Labute approximate surface area is 120 Å². The third-order valence-electron chi connectivity index (χ3n) is 6.32. The molecule has 1 spiro atoms. The van der Waals surface area contributed by atoms with E-state index in [0.717, 1.165) is 41.7 Å². The van der Waals surface area contributed by atoms with Gasteiger partial charge in [-0.05, 0) is 67.9 Å². The van der Waals surface area contributed by atoms with E-state index in [1.54, 1.807) is 0 Å². The highest BCUT2D eigenvalue weighted by Gasteiger charge is 2.59. The van der Waals surface area contributed by atoms with E-state index in [0.29, 0.717) is 0 Å². The molecule has 20 heavy (non-hydrogen) atoms. The van der Waals surface area contributed by atoms with E-state index in [1.807, 2.05) is 0 Å². The summed E-state index contributed by atoms with van der Waals surface area (Å²) in [6.07, 6.45) is 7.12. The van der Waals surface area contributed by atoms with Crippen LogP contribution < -0.4 is 0 Å². The molecule has 0 unspecified atom stereocenters. The van der Waals surface area contributed by atoms with Crippen LogP contribution in [0.15, 0.2) is 35.3 Å². The van der Waals surface area contributed by atoms with E-state index in [-0.39, 0.29) is 5.54 Å². The Morgan fingerprint density at radius 2 is 1.55 bits per heavy atom. The summed E-state index contributed by atoms with van der Waals surface area (Å²) in [5.74, 6) is 4.48. The van der Waals surface area contributed by atoms with E-state index in [9.17, 15) is 0 Å². The first-order valence-corrected chi connectivity index (χ1v) is 8.11. The first kappa shape index (κ1) is 11.4. The quantitative estimate of drug-likeness (QED) is 0.761. The SMILES string of the molecule is c1ccc(C2=NC3(CO2)C2CC4CC(C2)CC3C4)cc1. The largest absolute Gasteiger partial charge is 0.475 e. The number of rotatable bonds is 1. The number of hydrogen-bond donors (Lipinski definition) is 0. The standard InChI is InChI=1S/C18H21NO/c1-2-4-14(5-3-1)17-19-18(11-20-17)15-7-12-6-13(9-15)10-16(18)8-12/h1-5,12-13,15-16H,6-11H2. The summed E-state index contributed by atoms with van der Waals surface area (Å²) in [5, 5.41) is 0.